The van der Waals surface area contributed by atoms with Crippen LogP contribution in [0.4, 0.5) is 10.1 Å². The molecule has 1 N–H and O–H groups in total. The second-order valence-electron chi connectivity index (χ2n) is 3.07. The van der Waals surface area contributed by atoms with Crippen molar-refractivity contribution in [2.24, 2.45) is 0 Å². The minimum absolute atomic E-state index is 0.249. The van der Waals surface area contributed by atoms with Crippen molar-refractivity contribution >= 4 is 21.6 Å². The smallest absolute Gasteiger partial charge is 0.169 e. The summed E-state index contributed by atoms with van der Waals surface area (Å²) in [6.07, 6.45) is 0. The number of hydrogen-bond donors (Lipinski definition) is 1. The van der Waals surface area contributed by atoms with Gasteiger partial charge in [-0.15, -0.1) is 0 Å². The van der Waals surface area contributed by atoms with Crippen LogP contribution in [-0.4, -0.2) is 0 Å². The Morgan fingerprint density at radius 3 is 2.80 bits per heavy atom. The summed E-state index contributed by atoms with van der Waals surface area (Å²) in [5, 5.41) is 3.06. The molecule has 1 aromatic heterocycles. The standard InChI is InChI=1S/C11H9BrFNO/c12-11-5-4-10(15-11)7-14-9-3-1-2-8(13)6-9/h1-6,14H,7H2. The normalized spacial score (nSPS) is 10.3. The van der Waals surface area contributed by atoms with E-state index in [9.17, 15) is 4.39 Å². The molecule has 2 nitrogen and oxygen atoms in total. The maximum atomic E-state index is 12.8. The van der Waals surface area contributed by atoms with E-state index in [-0.39, 0.29) is 5.82 Å². The van der Waals surface area contributed by atoms with Crippen molar-refractivity contribution in [1.29, 1.82) is 0 Å². The Morgan fingerprint density at radius 1 is 1.27 bits per heavy atom. The molecule has 0 aliphatic carbocycles. The van der Waals surface area contributed by atoms with Gasteiger partial charge in [-0.2, -0.15) is 0 Å². The molecular formula is C11H9BrFNO. The van der Waals surface area contributed by atoms with E-state index in [4.69, 9.17) is 4.42 Å². The Balaban J connectivity index is 1.99. The Kier molecular flexibility index (Phi) is 3.06. The Bertz CT molecular complexity index is 455. The topological polar surface area (TPSA) is 25.2 Å². The van der Waals surface area contributed by atoms with Gasteiger partial charge in [0.1, 0.15) is 11.6 Å². The monoisotopic (exact) mass is 269 g/mol. The van der Waals surface area contributed by atoms with Gasteiger partial charge in [0.15, 0.2) is 4.67 Å². The van der Waals surface area contributed by atoms with Gasteiger partial charge in [-0.25, -0.2) is 4.39 Å². The van der Waals surface area contributed by atoms with Gasteiger partial charge in [0, 0.05) is 5.69 Å². The van der Waals surface area contributed by atoms with Crippen molar-refractivity contribution in [3.63, 3.8) is 0 Å². The van der Waals surface area contributed by atoms with Crippen LogP contribution in [0.1, 0.15) is 5.76 Å². The zero-order valence-corrected chi connectivity index (χ0v) is 9.42. The van der Waals surface area contributed by atoms with Crippen LogP contribution in [0.25, 0.3) is 0 Å². The number of nitrogens with one attached hydrogen (secondary N) is 1. The van der Waals surface area contributed by atoms with Gasteiger partial charge in [-0.05, 0) is 46.3 Å². The van der Waals surface area contributed by atoms with Crippen molar-refractivity contribution in [2.45, 2.75) is 6.54 Å². The fourth-order valence-corrected chi connectivity index (χ4v) is 1.57. The van der Waals surface area contributed by atoms with Crippen molar-refractivity contribution in [2.75, 3.05) is 5.32 Å². The molecule has 0 atom stereocenters. The molecule has 2 aromatic rings. The summed E-state index contributed by atoms with van der Waals surface area (Å²) in [7, 11) is 0. The molecule has 0 spiro atoms. The molecule has 0 saturated carbocycles. The van der Waals surface area contributed by atoms with Crippen molar-refractivity contribution in [3.8, 4) is 0 Å². The summed E-state index contributed by atoms with van der Waals surface area (Å²) in [6, 6.07) is 10.0. The van der Waals surface area contributed by atoms with Crippen LogP contribution in [0, 0.1) is 5.82 Å². The highest BCUT2D eigenvalue weighted by molar-refractivity contribution is 9.10. The van der Waals surface area contributed by atoms with E-state index in [2.05, 4.69) is 21.2 Å². The molecule has 0 aliphatic rings. The van der Waals surface area contributed by atoms with Gasteiger partial charge in [-0.3, -0.25) is 0 Å². The molecular weight excluding hydrogens is 261 g/mol. The second kappa shape index (κ2) is 4.49. The van der Waals surface area contributed by atoms with Gasteiger partial charge in [0.2, 0.25) is 0 Å². The summed E-state index contributed by atoms with van der Waals surface area (Å²) in [5.41, 5.74) is 0.738. The minimum Gasteiger partial charge on any atom is -0.452 e. The zero-order chi connectivity index (χ0) is 10.7. The zero-order valence-electron chi connectivity index (χ0n) is 7.84. The molecule has 0 radical (unpaired) electrons. The predicted octanol–water partition coefficient (Wildman–Crippen LogP) is 3.79. The van der Waals surface area contributed by atoms with Crippen LogP contribution in [0.3, 0.4) is 0 Å². The molecule has 4 heteroatoms. The minimum atomic E-state index is -0.249. The van der Waals surface area contributed by atoms with Gasteiger partial charge < -0.3 is 9.73 Å². The van der Waals surface area contributed by atoms with Crippen LogP contribution < -0.4 is 5.32 Å². The second-order valence-corrected chi connectivity index (χ2v) is 3.85. The number of hydrogen-bond acceptors (Lipinski definition) is 2. The number of anilines is 1. The SMILES string of the molecule is Fc1cccc(NCc2ccc(Br)o2)c1. The molecule has 0 fully saturated rings. The average molecular weight is 270 g/mol. The van der Waals surface area contributed by atoms with Crippen molar-refractivity contribution in [3.05, 3.63) is 52.6 Å². The molecule has 0 bridgehead atoms. The lowest BCUT2D eigenvalue weighted by Gasteiger charge is -2.03. The molecule has 0 unspecified atom stereocenters. The van der Waals surface area contributed by atoms with Crippen LogP contribution in [-0.2, 0) is 6.54 Å². The molecule has 1 heterocycles. The van der Waals surface area contributed by atoms with Crippen LogP contribution in [0.2, 0.25) is 0 Å². The Hall–Kier alpha value is -1.29. The third kappa shape index (κ3) is 2.83. The summed E-state index contributed by atoms with van der Waals surface area (Å²) >= 11 is 3.22. The van der Waals surface area contributed by atoms with E-state index in [0.29, 0.717) is 11.2 Å². The first-order chi connectivity index (χ1) is 7.24. The fraction of sp³-hybridized carbons (Fsp3) is 0.0909. The van der Waals surface area contributed by atoms with E-state index in [1.54, 1.807) is 12.1 Å². The van der Waals surface area contributed by atoms with Crippen molar-refractivity contribution < 1.29 is 8.81 Å². The van der Waals surface area contributed by atoms with Gasteiger partial charge in [-0.1, -0.05) is 6.07 Å². The number of benzene rings is 1. The summed E-state index contributed by atoms with van der Waals surface area (Å²) in [5.74, 6) is 0.548. The molecule has 15 heavy (non-hydrogen) atoms. The average Bonchev–Trinajstić information content (AvgIpc) is 2.62. The van der Waals surface area contributed by atoms with Gasteiger partial charge in [0.25, 0.3) is 0 Å². The molecule has 2 rings (SSSR count). The Labute approximate surface area is 95.2 Å². The highest BCUT2D eigenvalue weighted by Crippen LogP contribution is 2.16. The summed E-state index contributed by atoms with van der Waals surface area (Å²) < 4.78 is 18.8. The lowest BCUT2D eigenvalue weighted by Crippen LogP contribution is -1.97. The number of rotatable bonds is 3. The first kappa shape index (κ1) is 10.2. The molecule has 0 amide bonds. The van der Waals surface area contributed by atoms with Gasteiger partial charge in [0.05, 0.1) is 6.54 Å². The maximum Gasteiger partial charge on any atom is 0.169 e. The highest BCUT2D eigenvalue weighted by Gasteiger charge is 1.99. The molecule has 0 aliphatic heterocycles. The summed E-state index contributed by atoms with van der Waals surface area (Å²) in [4.78, 5) is 0. The number of halogens is 2. The maximum absolute atomic E-state index is 12.8. The predicted molar refractivity (Wildman–Crippen MR) is 60.1 cm³/mol. The lowest BCUT2D eigenvalue weighted by atomic mass is 10.3. The molecule has 1 aromatic carbocycles. The van der Waals surface area contributed by atoms with Crippen LogP contribution in [0.5, 0.6) is 0 Å². The van der Waals surface area contributed by atoms with E-state index in [0.717, 1.165) is 11.4 Å². The van der Waals surface area contributed by atoms with E-state index in [1.807, 2.05) is 12.1 Å². The van der Waals surface area contributed by atoms with E-state index in [1.165, 1.54) is 12.1 Å². The largest absolute Gasteiger partial charge is 0.452 e. The first-order valence-corrected chi connectivity index (χ1v) is 5.27. The van der Waals surface area contributed by atoms with E-state index >= 15 is 0 Å². The Morgan fingerprint density at radius 2 is 2.13 bits per heavy atom. The molecule has 78 valence electrons. The number of furan rings is 1. The fourth-order valence-electron chi connectivity index (χ4n) is 1.23. The van der Waals surface area contributed by atoms with Crippen LogP contribution in [0.15, 0.2) is 45.5 Å². The van der Waals surface area contributed by atoms with Crippen molar-refractivity contribution in [1.82, 2.24) is 0 Å². The summed E-state index contributed by atoms with van der Waals surface area (Å²) in [6.45, 7) is 0.537. The third-order valence-corrected chi connectivity index (χ3v) is 2.35. The third-order valence-electron chi connectivity index (χ3n) is 1.92. The first-order valence-electron chi connectivity index (χ1n) is 4.48. The van der Waals surface area contributed by atoms with Gasteiger partial charge >= 0.3 is 0 Å². The van der Waals surface area contributed by atoms with Crippen LogP contribution >= 0.6 is 15.9 Å². The highest BCUT2D eigenvalue weighted by atomic mass is 79.9. The lowest BCUT2D eigenvalue weighted by molar-refractivity contribution is 0.495. The molecule has 0 saturated heterocycles. The quantitative estimate of drug-likeness (QED) is 0.917. The van der Waals surface area contributed by atoms with E-state index < -0.39 is 0 Å².